The molecule has 0 radical (unpaired) electrons. The normalized spacial score (nSPS) is 11.8. The number of hydrogen-bond donors (Lipinski definition) is 3. The first-order chi connectivity index (χ1) is 9.70. The highest BCUT2D eigenvalue weighted by Gasteiger charge is 2.01. The highest BCUT2D eigenvalue weighted by molar-refractivity contribution is 5.97. The van der Waals surface area contributed by atoms with Gasteiger partial charge in [0, 0.05) is 44.0 Å². The first kappa shape index (κ1) is 14.1. The summed E-state index contributed by atoms with van der Waals surface area (Å²) in [6.07, 6.45) is 2.73. The minimum Gasteiger partial charge on any atom is -0.409 e. The Kier molecular flexibility index (Phi) is 4.73. The van der Waals surface area contributed by atoms with Crippen LogP contribution in [0.4, 0.5) is 0 Å². The second-order valence-electron chi connectivity index (χ2n) is 4.56. The zero-order chi connectivity index (χ0) is 14.4. The monoisotopic (exact) mass is 273 g/mol. The summed E-state index contributed by atoms with van der Waals surface area (Å²) >= 11 is 0. The third-order valence-electron chi connectivity index (χ3n) is 3.14. The van der Waals surface area contributed by atoms with Gasteiger partial charge in [0.05, 0.1) is 0 Å². The average molecular weight is 273 g/mol. The number of rotatable bonds is 6. The van der Waals surface area contributed by atoms with E-state index in [1.165, 1.54) is 5.69 Å². The molecule has 0 spiro atoms. The molecule has 0 fully saturated rings. The van der Waals surface area contributed by atoms with E-state index in [4.69, 9.17) is 10.9 Å². The van der Waals surface area contributed by atoms with Crippen molar-refractivity contribution < 1.29 is 5.21 Å². The Morgan fingerprint density at radius 2 is 2.30 bits per heavy atom. The van der Waals surface area contributed by atoms with Crippen molar-refractivity contribution in [3.8, 4) is 0 Å². The average Bonchev–Trinajstić information content (AvgIpc) is 2.88. The molecular weight excluding hydrogens is 254 g/mol. The minimum atomic E-state index is 0.127. The SMILES string of the molecule is Cn1nccc1CCNCc1cccc(/C(N)=N/O)c1. The third-order valence-corrected chi connectivity index (χ3v) is 3.14. The number of aryl methyl sites for hydroxylation is 1. The number of benzene rings is 1. The molecule has 0 amide bonds. The molecule has 106 valence electrons. The van der Waals surface area contributed by atoms with Crippen LogP contribution >= 0.6 is 0 Å². The van der Waals surface area contributed by atoms with E-state index in [1.807, 2.05) is 42.1 Å². The quantitative estimate of drug-likeness (QED) is 0.239. The largest absolute Gasteiger partial charge is 0.409 e. The van der Waals surface area contributed by atoms with Gasteiger partial charge in [-0.3, -0.25) is 4.68 Å². The van der Waals surface area contributed by atoms with Crippen molar-refractivity contribution in [2.45, 2.75) is 13.0 Å². The standard InChI is InChI=1S/C14H19N5O/c1-19-13(6-8-17-19)5-7-16-10-11-3-2-4-12(9-11)14(15)18-20/h2-4,6,8-9,16,20H,5,7,10H2,1H3,(H2,15,18). The van der Waals surface area contributed by atoms with Gasteiger partial charge in [-0.05, 0) is 17.7 Å². The van der Waals surface area contributed by atoms with E-state index in [0.29, 0.717) is 0 Å². The van der Waals surface area contributed by atoms with Crippen LogP contribution in [0.15, 0.2) is 41.7 Å². The van der Waals surface area contributed by atoms with Crippen molar-refractivity contribution in [1.29, 1.82) is 0 Å². The lowest BCUT2D eigenvalue weighted by Gasteiger charge is -2.07. The second kappa shape index (κ2) is 6.72. The van der Waals surface area contributed by atoms with E-state index < -0.39 is 0 Å². The summed E-state index contributed by atoms with van der Waals surface area (Å²) in [5.74, 6) is 0.127. The molecule has 6 heteroatoms. The topological polar surface area (TPSA) is 88.5 Å². The molecule has 0 saturated carbocycles. The molecule has 6 nitrogen and oxygen atoms in total. The van der Waals surface area contributed by atoms with Crippen molar-refractivity contribution in [2.75, 3.05) is 6.54 Å². The Hall–Kier alpha value is -2.34. The van der Waals surface area contributed by atoms with Crippen molar-refractivity contribution in [3.63, 3.8) is 0 Å². The molecular formula is C14H19N5O. The van der Waals surface area contributed by atoms with Crippen LogP contribution in [0, 0.1) is 0 Å². The molecule has 2 rings (SSSR count). The Morgan fingerprint density at radius 1 is 1.45 bits per heavy atom. The Balaban J connectivity index is 1.84. The Labute approximate surface area is 117 Å². The fourth-order valence-electron chi connectivity index (χ4n) is 1.99. The van der Waals surface area contributed by atoms with Crippen LogP contribution in [0.1, 0.15) is 16.8 Å². The third kappa shape index (κ3) is 3.58. The fraction of sp³-hybridized carbons (Fsp3) is 0.286. The molecule has 0 aliphatic rings. The van der Waals surface area contributed by atoms with Crippen LogP contribution in [0.25, 0.3) is 0 Å². The van der Waals surface area contributed by atoms with Crippen molar-refractivity contribution in [3.05, 3.63) is 53.3 Å². The highest BCUT2D eigenvalue weighted by Crippen LogP contribution is 2.05. The molecule has 0 aliphatic carbocycles. The first-order valence-corrected chi connectivity index (χ1v) is 6.45. The van der Waals surface area contributed by atoms with Gasteiger partial charge in [0.2, 0.25) is 0 Å². The van der Waals surface area contributed by atoms with Crippen LogP contribution in [-0.2, 0) is 20.0 Å². The summed E-state index contributed by atoms with van der Waals surface area (Å²) in [6, 6.07) is 9.64. The number of oxime groups is 1. The predicted octanol–water partition coefficient (Wildman–Crippen LogP) is 0.847. The van der Waals surface area contributed by atoms with E-state index in [-0.39, 0.29) is 5.84 Å². The van der Waals surface area contributed by atoms with Crippen LogP contribution in [0.3, 0.4) is 0 Å². The Morgan fingerprint density at radius 3 is 3.00 bits per heavy atom. The van der Waals surface area contributed by atoms with E-state index in [2.05, 4.69) is 15.6 Å². The minimum absolute atomic E-state index is 0.127. The summed E-state index contributed by atoms with van der Waals surface area (Å²) in [4.78, 5) is 0. The predicted molar refractivity (Wildman–Crippen MR) is 77.6 cm³/mol. The number of nitrogens with two attached hydrogens (primary N) is 1. The number of aromatic nitrogens is 2. The molecule has 1 heterocycles. The Bertz CT molecular complexity index is 591. The zero-order valence-corrected chi connectivity index (χ0v) is 11.5. The summed E-state index contributed by atoms with van der Waals surface area (Å²) in [5.41, 5.74) is 8.58. The van der Waals surface area contributed by atoms with Gasteiger partial charge in [-0.25, -0.2) is 0 Å². The maximum atomic E-state index is 8.66. The molecule has 0 saturated heterocycles. The van der Waals surface area contributed by atoms with Crippen LogP contribution in [0.5, 0.6) is 0 Å². The molecule has 0 bridgehead atoms. The van der Waals surface area contributed by atoms with E-state index >= 15 is 0 Å². The molecule has 1 aromatic heterocycles. The van der Waals surface area contributed by atoms with Crippen LogP contribution in [-0.4, -0.2) is 27.4 Å². The molecule has 2 aromatic rings. The van der Waals surface area contributed by atoms with Gasteiger partial charge in [-0.1, -0.05) is 23.4 Å². The lowest BCUT2D eigenvalue weighted by Crippen LogP contribution is -2.19. The van der Waals surface area contributed by atoms with Gasteiger partial charge in [0.15, 0.2) is 5.84 Å². The van der Waals surface area contributed by atoms with Crippen molar-refractivity contribution >= 4 is 5.84 Å². The number of hydrogen-bond acceptors (Lipinski definition) is 4. The summed E-state index contributed by atoms with van der Waals surface area (Å²) in [7, 11) is 1.94. The summed E-state index contributed by atoms with van der Waals surface area (Å²) in [6.45, 7) is 1.61. The van der Waals surface area contributed by atoms with Crippen LogP contribution in [0.2, 0.25) is 0 Å². The van der Waals surface area contributed by atoms with E-state index in [9.17, 15) is 0 Å². The fourth-order valence-corrected chi connectivity index (χ4v) is 1.99. The van der Waals surface area contributed by atoms with Crippen molar-refractivity contribution in [2.24, 2.45) is 17.9 Å². The number of nitrogens with one attached hydrogen (secondary N) is 1. The van der Waals surface area contributed by atoms with Gasteiger partial charge in [0.1, 0.15) is 0 Å². The van der Waals surface area contributed by atoms with Gasteiger partial charge in [-0.2, -0.15) is 5.10 Å². The van der Waals surface area contributed by atoms with Gasteiger partial charge in [0.25, 0.3) is 0 Å². The van der Waals surface area contributed by atoms with Gasteiger partial charge < -0.3 is 16.3 Å². The molecule has 1 aromatic carbocycles. The number of amidine groups is 1. The molecule has 4 N–H and O–H groups in total. The lowest BCUT2D eigenvalue weighted by atomic mass is 10.1. The molecule has 0 aliphatic heterocycles. The van der Waals surface area contributed by atoms with Gasteiger partial charge >= 0.3 is 0 Å². The highest BCUT2D eigenvalue weighted by atomic mass is 16.4. The molecule has 0 atom stereocenters. The maximum absolute atomic E-state index is 8.66. The summed E-state index contributed by atoms with van der Waals surface area (Å²) in [5, 5.41) is 19.2. The molecule has 20 heavy (non-hydrogen) atoms. The first-order valence-electron chi connectivity index (χ1n) is 6.45. The smallest absolute Gasteiger partial charge is 0.170 e. The van der Waals surface area contributed by atoms with Crippen molar-refractivity contribution in [1.82, 2.24) is 15.1 Å². The zero-order valence-electron chi connectivity index (χ0n) is 11.5. The summed E-state index contributed by atoms with van der Waals surface area (Å²) < 4.78 is 1.88. The number of nitrogens with zero attached hydrogens (tertiary/aromatic N) is 3. The second-order valence-corrected chi connectivity index (χ2v) is 4.56. The maximum Gasteiger partial charge on any atom is 0.170 e. The van der Waals surface area contributed by atoms with Gasteiger partial charge in [-0.15, -0.1) is 0 Å². The van der Waals surface area contributed by atoms with Crippen LogP contribution < -0.4 is 11.1 Å². The lowest BCUT2D eigenvalue weighted by molar-refractivity contribution is 0.318. The van der Waals surface area contributed by atoms with E-state index in [1.54, 1.807) is 6.20 Å². The van der Waals surface area contributed by atoms with E-state index in [0.717, 1.165) is 30.6 Å². The molecule has 0 unspecified atom stereocenters.